The summed E-state index contributed by atoms with van der Waals surface area (Å²) in [6.45, 7) is 2.13. The van der Waals surface area contributed by atoms with Crippen LogP contribution in [0.25, 0.3) is 0 Å². The fourth-order valence-electron chi connectivity index (χ4n) is 1.61. The van der Waals surface area contributed by atoms with Crippen LogP contribution >= 0.6 is 11.6 Å². The number of aryl methyl sites for hydroxylation is 1. The zero-order valence-electron chi connectivity index (χ0n) is 10.7. The van der Waals surface area contributed by atoms with Crippen LogP contribution in [0.2, 0.25) is 5.02 Å². The average Bonchev–Trinajstić information content (AvgIpc) is 2.36. The number of halogens is 1. The first kappa shape index (κ1) is 14.8. The summed E-state index contributed by atoms with van der Waals surface area (Å²) in [6.07, 6.45) is 0. The lowest BCUT2D eigenvalue weighted by Gasteiger charge is -2.09. The Hall–Kier alpha value is -1.63. The predicted octanol–water partition coefficient (Wildman–Crippen LogP) is 2.27. The van der Waals surface area contributed by atoms with Gasteiger partial charge in [-0.05, 0) is 37.3 Å². The average molecular weight is 313 g/mol. The van der Waals surface area contributed by atoms with Gasteiger partial charge in [-0.2, -0.15) is 0 Å². The quantitative estimate of drug-likeness (QED) is 0.938. The van der Waals surface area contributed by atoms with Crippen LogP contribution in [-0.4, -0.2) is 13.4 Å². The maximum atomic E-state index is 11.2. The third-order valence-electron chi connectivity index (χ3n) is 2.55. The van der Waals surface area contributed by atoms with E-state index in [1.807, 2.05) is 25.1 Å². The van der Waals surface area contributed by atoms with Gasteiger partial charge in [0.2, 0.25) is 10.0 Å². The Morgan fingerprint density at radius 1 is 1.30 bits per heavy atom. The molecular formula is C13H13ClN2O3S. The molecule has 0 saturated carbocycles. The van der Waals surface area contributed by atoms with Gasteiger partial charge in [0.25, 0.3) is 0 Å². The highest BCUT2D eigenvalue weighted by Gasteiger charge is 2.11. The molecule has 0 amide bonds. The molecule has 2 aromatic rings. The van der Waals surface area contributed by atoms with Gasteiger partial charge < -0.3 is 4.74 Å². The molecule has 106 valence electrons. The molecule has 0 radical (unpaired) electrons. The van der Waals surface area contributed by atoms with Crippen LogP contribution in [0, 0.1) is 6.92 Å². The van der Waals surface area contributed by atoms with Crippen LogP contribution < -0.4 is 9.88 Å². The molecule has 2 N–H and O–H groups in total. The van der Waals surface area contributed by atoms with E-state index in [2.05, 4.69) is 4.98 Å². The summed E-state index contributed by atoms with van der Waals surface area (Å²) in [5, 5.41) is 5.20. The van der Waals surface area contributed by atoms with Gasteiger partial charge in [-0.25, -0.2) is 13.6 Å². The number of rotatable bonds is 4. The van der Waals surface area contributed by atoms with Crippen LogP contribution in [0.15, 0.2) is 41.3 Å². The molecule has 2 rings (SSSR count). The van der Waals surface area contributed by atoms with E-state index in [0.717, 1.165) is 11.4 Å². The lowest BCUT2D eigenvalue weighted by atomic mass is 10.3. The first-order valence-electron chi connectivity index (χ1n) is 5.74. The monoisotopic (exact) mass is 312 g/mol. The summed E-state index contributed by atoms with van der Waals surface area (Å²) in [5.74, 6) is 0.377. The summed E-state index contributed by atoms with van der Waals surface area (Å²) < 4.78 is 27.9. The molecule has 1 heterocycles. The number of benzene rings is 1. The molecule has 0 atom stereocenters. The molecule has 0 fully saturated rings. The largest absolute Gasteiger partial charge is 0.486 e. The molecule has 0 aliphatic heterocycles. The molecule has 0 unspecified atom stereocenters. The van der Waals surface area contributed by atoms with E-state index in [1.54, 1.807) is 0 Å². The van der Waals surface area contributed by atoms with Crippen molar-refractivity contribution in [3.05, 3.63) is 52.8 Å². The van der Waals surface area contributed by atoms with Crippen molar-refractivity contribution in [2.24, 2.45) is 5.14 Å². The fourth-order valence-corrected chi connectivity index (χ4v) is 2.45. The van der Waals surface area contributed by atoms with Crippen molar-refractivity contribution in [3.8, 4) is 5.75 Å². The highest BCUT2D eigenvalue weighted by Crippen LogP contribution is 2.27. The molecule has 7 heteroatoms. The smallest absolute Gasteiger partial charge is 0.238 e. The van der Waals surface area contributed by atoms with Crippen molar-refractivity contribution in [3.63, 3.8) is 0 Å². The van der Waals surface area contributed by atoms with Crippen LogP contribution in [0.4, 0.5) is 0 Å². The van der Waals surface area contributed by atoms with Crippen molar-refractivity contribution < 1.29 is 13.2 Å². The molecule has 1 aromatic heterocycles. The lowest BCUT2D eigenvalue weighted by Crippen LogP contribution is -2.12. The maximum absolute atomic E-state index is 11.2. The Balaban J connectivity index is 2.15. The molecular weight excluding hydrogens is 300 g/mol. The van der Waals surface area contributed by atoms with Crippen molar-refractivity contribution in [2.45, 2.75) is 18.4 Å². The van der Waals surface area contributed by atoms with Crippen LogP contribution in [0.3, 0.4) is 0 Å². The highest BCUT2D eigenvalue weighted by atomic mass is 35.5. The Kier molecular flexibility index (Phi) is 4.27. The first-order chi connectivity index (χ1) is 9.36. The van der Waals surface area contributed by atoms with Crippen molar-refractivity contribution >= 4 is 21.6 Å². The predicted molar refractivity (Wildman–Crippen MR) is 76.1 cm³/mol. The van der Waals surface area contributed by atoms with Crippen LogP contribution in [-0.2, 0) is 16.6 Å². The minimum Gasteiger partial charge on any atom is -0.486 e. The first-order valence-corrected chi connectivity index (χ1v) is 7.66. The number of aromatic nitrogens is 1. The van der Waals surface area contributed by atoms with E-state index >= 15 is 0 Å². The van der Waals surface area contributed by atoms with Crippen LogP contribution in [0.1, 0.15) is 11.4 Å². The molecule has 5 nitrogen and oxygen atoms in total. The molecule has 0 aliphatic carbocycles. The third-order valence-corrected chi connectivity index (χ3v) is 3.76. The number of nitrogens with two attached hydrogens (primary N) is 1. The van der Waals surface area contributed by atoms with Gasteiger partial charge in [0.1, 0.15) is 12.4 Å². The minimum absolute atomic E-state index is 0.0523. The number of pyridine rings is 1. The van der Waals surface area contributed by atoms with E-state index < -0.39 is 10.0 Å². The summed E-state index contributed by atoms with van der Waals surface area (Å²) in [6, 6.07) is 9.68. The highest BCUT2D eigenvalue weighted by molar-refractivity contribution is 7.89. The van der Waals surface area contributed by atoms with E-state index in [1.165, 1.54) is 18.2 Å². The molecule has 0 aliphatic rings. The summed E-state index contributed by atoms with van der Waals surface area (Å²) in [4.78, 5) is 4.24. The second-order valence-corrected chi connectivity index (χ2v) is 6.16. The van der Waals surface area contributed by atoms with E-state index in [9.17, 15) is 8.42 Å². The second kappa shape index (κ2) is 5.78. The van der Waals surface area contributed by atoms with Crippen molar-refractivity contribution in [2.75, 3.05) is 0 Å². The number of primary sulfonamides is 1. The Morgan fingerprint density at radius 2 is 2.05 bits per heavy atom. The number of ether oxygens (including phenoxy) is 1. The zero-order chi connectivity index (χ0) is 14.8. The van der Waals surface area contributed by atoms with Gasteiger partial charge in [-0.3, -0.25) is 4.98 Å². The van der Waals surface area contributed by atoms with E-state index in [4.69, 9.17) is 21.5 Å². The van der Waals surface area contributed by atoms with Gasteiger partial charge in [-0.1, -0.05) is 17.7 Å². The normalized spacial score (nSPS) is 11.3. The number of hydrogen-bond donors (Lipinski definition) is 1. The number of sulfonamides is 1. The number of nitrogens with zero attached hydrogens (tertiary/aromatic N) is 1. The standard InChI is InChI=1S/C13H13ClN2O3S/c1-9-3-2-4-10(16-9)8-19-13-6-5-11(7-12(13)14)20(15,17)18/h2-7H,8H2,1H3,(H2,15,17,18). The SMILES string of the molecule is Cc1cccc(COc2ccc(S(N)(=O)=O)cc2Cl)n1. The Labute approximate surface area is 122 Å². The zero-order valence-corrected chi connectivity index (χ0v) is 12.3. The Morgan fingerprint density at radius 3 is 2.65 bits per heavy atom. The molecule has 20 heavy (non-hydrogen) atoms. The summed E-state index contributed by atoms with van der Waals surface area (Å²) >= 11 is 5.97. The topological polar surface area (TPSA) is 82.3 Å². The molecule has 1 aromatic carbocycles. The number of hydrogen-bond acceptors (Lipinski definition) is 4. The van der Waals surface area contributed by atoms with Gasteiger partial charge in [0, 0.05) is 5.69 Å². The maximum Gasteiger partial charge on any atom is 0.238 e. The van der Waals surface area contributed by atoms with Crippen molar-refractivity contribution in [1.82, 2.24) is 4.98 Å². The van der Waals surface area contributed by atoms with Gasteiger partial charge in [0.15, 0.2) is 0 Å². The lowest BCUT2D eigenvalue weighted by molar-refractivity contribution is 0.301. The van der Waals surface area contributed by atoms with Gasteiger partial charge in [-0.15, -0.1) is 0 Å². The van der Waals surface area contributed by atoms with Crippen LogP contribution in [0.5, 0.6) is 5.75 Å². The summed E-state index contributed by atoms with van der Waals surface area (Å²) in [7, 11) is -3.77. The van der Waals surface area contributed by atoms with Gasteiger partial charge >= 0.3 is 0 Å². The molecule has 0 saturated heterocycles. The third kappa shape index (κ3) is 3.69. The van der Waals surface area contributed by atoms with E-state index in [0.29, 0.717) is 5.75 Å². The van der Waals surface area contributed by atoms with E-state index in [-0.39, 0.29) is 16.5 Å². The van der Waals surface area contributed by atoms with Gasteiger partial charge in [0.05, 0.1) is 15.6 Å². The Bertz CT molecular complexity index is 732. The molecule has 0 bridgehead atoms. The molecule has 0 spiro atoms. The van der Waals surface area contributed by atoms with Crippen molar-refractivity contribution in [1.29, 1.82) is 0 Å². The minimum atomic E-state index is -3.77. The fraction of sp³-hybridized carbons (Fsp3) is 0.154. The second-order valence-electron chi connectivity index (χ2n) is 4.20. The summed E-state index contributed by atoms with van der Waals surface area (Å²) in [5.41, 5.74) is 1.65.